The van der Waals surface area contributed by atoms with Crippen LogP contribution in [-0.4, -0.2) is 36.3 Å². The molecule has 0 aromatic heterocycles. The lowest BCUT2D eigenvalue weighted by Crippen LogP contribution is -2.37. The first-order chi connectivity index (χ1) is 9.01. The number of phenols is 1. The van der Waals surface area contributed by atoms with Crippen molar-refractivity contribution in [2.45, 2.75) is 46.2 Å². The summed E-state index contributed by atoms with van der Waals surface area (Å²) in [4.78, 5) is 2.38. The molecule has 0 aliphatic heterocycles. The van der Waals surface area contributed by atoms with Crippen molar-refractivity contribution in [2.75, 3.05) is 20.3 Å². The van der Waals surface area contributed by atoms with Crippen molar-refractivity contribution in [1.82, 2.24) is 4.90 Å². The highest BCUT2D eigenvalue weighted by atomic mass is 16.5. The fourth-order valence-corrected chi connectivity index (χ4v) is 2.41. The molecule has 1 aromatic rings. The van der Waals surface area contributed by atoms with Gasteiger partial charge in [0.25, 0.3) is 0 Å². The van der Waals surface area contributed by atoms with E-state index in [1.807, 2.05) is 19.1 Å². The number of aryl methyl sites for hydroxylation is 1. The van der Waals surface area contributed by atoms with Gasteiger partial charge in [-0.1, -0.05) is 19.1 Å². The Morgan fingerprint density at radius 3 is 2.53 bits per heavy atom. The Morgan fingerprint density at radius 1 is 1.32 bits per heavy atom. The zero-order valence-electron chi connectivity index (χ0n) is 12.8. The molecule has 3 heteroatoms. The molecule has 1 aromatic carbocycles. The van der Waals surface area contributed by atoms with E-state index in [0.29, 0.717) is 18.4 Å². The molecule has 2 atom stereocenters. The van der Waals surface area contributed by atoms with E-state index in [0.717, 1.165) is 24.1 Å². The molecule has 0 heterocycles. The second-order valence-corrected chi connectivity index (χ2v) is 5.23. The topological polar surface area (TPSA) is 32.7 Å². The van der Waals surface area contributed by atoms with Gasteiger partial charge in [0.05, 0.1) is 6.61 Å². The van der Waals surface area contributed by atoms with Crippen molar-refractivity contribution in [2.24, 2.45) is 0 Å². The number of hydrogen-bond donors (Lipinski definition) is 1. The Morgan fingerprint density at radius 2 is 2.00 bits per heavy atom. The number of methoxy groups -OCH3 is 1. The van der Waals surface area contributed by atoms with E-state index < -0.39 is 0 Å². The Bertz CT molecular complexity index is 392. The van der Waals surface area contributed by atoms with Crippen molar-refractivity contribution in [1.29, 1.82) is 0 Å². The van der Waals surface area contributed by atoms with Gasteiger partial charge in [-0.05, 0) is 38.8 Å². The molecule has 0 saturated heterocycles. The molecule has 1 N–H and O–H groups in total. The van der Waals surface area contributed by atoms with Gasteiger partial charge in [0.2, 0.25) is 0 Å². The van der Waals surface area contributed by atoms with Crippen molar-refractivity contribution in [3.63, 3.8) is 0 Å². The number of rotatable bonds is 7. The molecule has 0 amide bonds. The maximum atomic E-state index is 10.1. The summed E-state index contributed by atoms with van der Waals surface area (Å²) >= 11 is 0. The van der Waals surface area contributed by atoms with E-state index >= 15 is 0 Å². The van der Waals surface area contributed by atoms with E-state index in [4.69, 9.17) is 4.74 Å². The van der Waals surface area contributed by atoms with Gasteiger partial charge in [-0.25, -0.2) is 0 Å². The lowest BCUT2D eigenvalue weighted by atomic mass is 10.0. The number of ether oxygens (including phenoxy) is 1. The fraction of sp³-hybridized carbons (Fsp3) is 0.625. The Labute approximate surface area is 117 Å². The first-order valence-electron chi connectivity index (χ1n) is 7.05. The van der Waals surface area contributed by atoms with Crippen LogP contribution in [0.4, 0.5) is 0 Å². The maximum Gasteiger partial charge on any atom is 0.120 e. The van der Waals surface area contributed by atoms with Gasteiger partial charge in [0, 0.05) is 31.3 Å². The Balaban J connectivity index is 2.93. The summed E-state index contributed by atoms with van der Waals surface area (Å²) in [5.41, 5.74) is 2.07. The van der Waals surface area contributed by atoms with Gasteiger partial charge in [-0.2, -0.15) is 0 Å². The summed E-state index contributed by atoms with van der Waals surface area (Å²) in [6, 6.07) is 6.56. The number of benzene rings is 1. The predicted octanol–water partition coefficient (Wildman–Crippen LogP) is 3.51. The summed E-state index contributed by atoms with van der Waals surface area (Å²) in [5.74, 6) is 0.387. The van der Waals surface area contributed by atoms with Crippen molar-refractivity contribution >= 4 is 0 Å². The van der Waals surface area contributed by atoms with E-state index in [1.54, 1.807) is 7.11 Å². The zero-order chi connectivity index (χ0) is 14.4. The minimum absolute atomic E-state index is 0.186. The quantitative estimate of drug-likeness (QED) is 0.819. The smallest absolute Gasteiger partial charge is 0.120 e. The third-order valence-corrected chi connectivity index (χ3v) is 3.84. The number of phenolic OH excluding ortho intramolecular Hbond substituents is 1. The third kappa shape index (κ3) is 4.22. The van der Waals surface area contributed by atoms with Gasteiger partial charge in [0.1, 0.15) is 5.75 Å². The zero-order valence-corrected chi connectivity index (χ0v) is 12.8. The molecule has 1 rings (SSSR count). The van der Waals surface area contributed by atoms with Crippen LogP contribution in [0.1, 0.15) is 44.4 Å². The van der Waals surface area contributed by atoms with Crippen LogP contribution < -0.4 is 0 Å². The van der Waals surface area contributed by atoms with E-state index in [9.17, 15) is 5.11 Å². The molecule has 0 fully saturated rings. The molecular weight excluding hydrogens is 238 g/mol. The molecule has 0 saturated carbocycles. The van der Waals surface area contributed by atoms with Crippen LogP contribution in [0.5, 0.6) is 5.75 Å². The summed E-state index contributed by atoms with van der Waals surface area (Å²) in [5, 5.41) is 10.1. The predicted molar refractivity (Wildman–Crippen MR) is 79.6 cm³/mol. The summed E-state index contributed by atoms with van der Waals surface area (Å²) in [6.45, 7) is 10.1. The minimum Gasteiger partial charge on any atom is -0.508 e. The first kappa shape index (κ1) is 16.0. The summed E-state index contributed by atoms with van der Waals surface area (Å²) < 4.78 is 5.20. The number of hydrogen-bond acceptors (Lipinski definition) is 3. The molecule has 0 bridgehead atoms. The van der Waals surface area contributed by atoms with Crippen LogP contribution in [0.2, 0.25) is 0 Å². The third-order valence-electron chi connectivity index (χ3n) is 3.84. The standard InChI is InChI=1S/C16H27NO2/c1-6-13(3)17(9-10-19-5)14(4)15-8-7-12(2)11-16(15)18/h7-8,11,13-14,18H,6,9-10H2,1-5H3. The van der Waals surface area contributed by atoms with E-state index in [2.05, 4.69) is 31.7 Å². The number of aromatic hydroxyl groups is 1. The average molecular weight is 265 g/mol. The van der Waals surface area contributed by atoms with Crippen LogP contribution >= 0.6 is 0 Å². The van der Waals surface area contributed by atoms with Gasteiger partial charge in [0.15, 0.2) is 0 Å². The van der Waals surface area contributed by atoms with E-state index in [1.165, 1.54) is 0 Å². The fourth-order valence-electron chi connectivity index (χ4n) is 2.41. The lowest BCUT2D eigenvalue weighted by molar-refractivity contribution is 0.0930. The van der Waals surface area contributed by atoms with Crippen LogP contribution in [0.15, 0.2) is 18.2 Å². The van der Waals surface area contributed by atoms with E-state index in [-0.39, 0.29) is 6.04 Å². The highest BCUT2D eigenvalue weighted by molar-refractivity contribution is 5.37. The normalized spacial score (nSPS) is 14.6. The molecule has 0 aliphatic carbocycles. The summed E-state index contributed by atoms with van der Waals surface area (Å²) in [7, 11) is 1.73. The summed E-state index contributed by atoms with van der Waals surface area (Å²) in [6.07, 6.45) is 1.08. The van der Waals surface area contributed by atoms with Gasteiger partial charge in [-0.3, -0.25) is 4.90 Å². The van der Waals surface area contributed by atoms with Gasteiger partial charge < -0.3 is 9.84 Å². The first-order valence-corrected chi connectivity index (χ1v) is 7.05. The minimum atomic E-state index is 0.186. The SMILES string of the molecule is CCC(C)N(CCOC)C(C)c1ccc(C)cc1O. The maximum absolute atomic E-state index is 10.1. The van der Waals surface area contributed by atoms with Crippen molar-refractivity contribution in [3.8, 4) is 5.75 Å². The molecule has 108 valence electrons. The van der Waals surface area contributed by atoms with Crippen molar-refractivity contribution < 1.29 is 9.84 Å². The molecule has 0 aliphatic rings. The lowest BCUT2D eigenvalue weighted by Gasteiger charge is -2.34. The second-order valence-electron chi connectivity index (χ2n) is 5.23. The van der Waals surface area contributed by atoms with Crippen LogP contribution in [0, 0.1) is 6.92 Å². The average Bonchev–Trinajstić information content (AvgIpc) is 2.38. The largest absolute Gasteiger partial charge is 0.508 e. The highest BCUT2D eigenvalue weighted by Gasteiger charge is 2.22. The Hall–Kier alpha value is -1.06. The molecule has 2 unspecified atom stereocenters. The molecule has 3 nitrogen and oxygen atoms in total. The number of nitrogens with zero attached hydrogens (tertiary/aromatic N) is 1. The molecule has 0 spiro atoms. The van der Waals surface area contributed by atoms with Crippen LogP contribution in [0.3, 0.4) is 0 Å². The molecule has 0 radical (unpaired) electrons. The van der Waals surface area contributed by atoms with Crippen LogP contribution in [-0.2, 0) is 4.74 Å². The highest BCUT2D eigenvalue weighted by Crippen LogP contribution is 2.30. The van der Waals surface area contributed by atoms with Gasteiger partial charge >= 0.3 is 0 Å². The Kier molecular flexibility index (Phi) is 6.32. The molecule has 19 heavy (non-hydrogen) atoms. The molecular formula is C16H27NO2. The monoisotopic (exact) mass is 265 g/mol. The van der Waals surface area contributed by atoms with Gasteiger partial charge in [-0.15, -0.1) is 0 Å². The van der Waals surface area contributed by atoms with Crippen LogP contribution in [0.25, 0.3) is 0 Å². The second kappa shape index (κ2) is 7.51. The van der Waals surface area contributed by atoms with Crippen molar-refractivity contribution in [3.05, 3.63) is 29.3 Å².